The molecule has 0 spiro atoms. The van der Waals surface area contributed by atoms with Gasteiger partial charge in [-0.2, -0.15) is 0 Å². The minimum Gasteiger partial charge on any atom is -0.370 e. The van der Waals surface area contributed by atoms with Crippen molar-refractivity contribution in [3.8, 4) is 0 Å². The van der Waals surface area contributed by atoms with E-state index >= 15 is 0 Å². The van der Waals surface area contributed by atoms with Crippen LogP contribution < -0.4 is 11.1 Å². The first kappa shape index (κ1) is 16.3. The molecule has 19 heavy (non-hydrogen) atoms. The number of hydrogen-bond donors (Lipinski definition) is 2. The lowest BCUT2D eigenvalue weighted by Crippen LogP contribution is -2.33. The van der Waals surface area contributed by atoms with E-state index in [1.54, 1.807) is 0 Å². The molecule has 3 N–H and O–H groups in total. The summed E-state index contributed by atoms with van der Waals surface area (Å²) in [5.41, 5.74) is 7.61. The van der Waals surface area contributed by atoms with Crippen molar-refractivity contribution in [2.45, 2.75) is 32.6 Å². The fourth-order valence-corrected chi connectivity index (χ4v) is 2.16. The average molecular weight is 373 g/mol. The van der Waals surface area contributed by atoms with Crippen LogP contribution in [0.3, 0.4) is 0 Å². The largest absolute Gasteiger partial charge is 0.370 e. The van der Waals surface area contributed by atoms with E-state index in [0.29, 0.717) is 11.4 Å². The minimum absolute atomic E-state index is 0. The molecule has 0 aliphatic heterocycles. The zero-order valence-electron chi connectivity index (χ0n) is 11.6. The van der Waals surface area contributed by atoms with E-state index < -0.39 is 0 Å². The van der Waals surface area contributed by atoms with Gasteiger partial charge >= 0.3 is 0 Å². The highest BCUT2D eigenvalue weighted by Gasteiger charge is 2.42. The van der Waals surface area contributed by atoms with Gasteiger partial charge in [-0.1, -0.05) is 37.3 Å². The molecule has 0 heterocycles. The topological polar surface area (TPSA) is 50.4 Å². The van der Waals surface area contributed by atoms with Gasteiger partial charge < -0.3 is 11.1 Å². The highest BCUT2D eigenvalue weighted by Crippen LogP contribution is 2.48. The van der Waals surface area contributed by atoms with Crippen LogP contribution in [0.2, 0.25) is 0 Å². The molecule has 1 aliphatic rings. The van der Waals surface area contributed by atoms with Crippen LogP contribution in [0.1, 0.15) is 31.7 Å². The first-order valence-electron chi connectivity index (χ1n) is 6.82. The summed E-state index contributed by atoms with van der Waals surface area (Å²) in [7, 11) is 0. The number of nitrogens with two attached hydrogens (primary N) is 1. The number of benzene rings is 1. The molecule has 0 atom stereocenters. The molecule has 0 unspecified atom stereocenters. The summed E-state index contributed by atoms with van der Waals surface area (Å²) in [5.74, 6) is 0.594. The van der Waals surface area contributed by atoms with E-state index in [1.807, 2.05) is 0 Å². The van der Waals surface area contributed by atoms with E-state index in [2.05, 4.69) is 47.6 Å². The number of hydrogen-bond acceptors (Lipinski definition) is 1. The second kappa shape index (κ2) is 7.72. The van der Waals surface area contributed by atoms with Crippen molar-refractivity contribution in [3.05, 3.63) is 35.9 Å². The van der Waals surface area contributed by atoms with Gasteiger partial charge in [-0.3, -0.25) is 4.99 Å². The molecular formula is C15H24IN3. The molecule has 1 fully saturated rings. The summed E-state index contributed by atoms with van der Waals surface area (Å²) in [4.78, 5) is 4.48. The lowest BCUT2D eigenvalue weighted by atomic mass is 9.97. The van der Waals surface area contributed by atoms with Crippen LogP contribution in [0.4, 0.5) is 0 Å². The molecule has 0 bridgehead atoms. The number of nitrogens with zero attached hydrogens (tertiary/aromatic N) is 1. The van der Waals surface area contributed by atoms with Crippen LogP contribution in [0.15, 0.2) is 35.3 Å². The zero-order chi connectivity index (χ0) is 12.8. The van der Waals surface area contributed by atoms with E-state index in [-0.39, 0.29) is 24.0 Å². The molecule has 1 aromatic carbocycles. The third-order valence-electron chi connectivity index (χ3n) is 3.52. The predicted octanol–water partition coefficient (Wildman–Crippen LogP) is 2.94. The Labute approximate surface area is 133 Å². The van der Waals surface area contributed by atoms with E-state index in [1.165, 1.54) is 18.4 Å². The fraction of sp³-hybridized carbons (Fsp3) is 0.533. The van der Waals surface area contributed by atoms with Crippen molar-refractivity contribution >= 4 is 29.9 Å². The van der Waals surface area contributed by atoms with Crippen LogP contribution >= 0.6 is 24.0 Å². The molecule has 0 radical (unpaired) electrons. The SMILES string of the molecule is CCCNC(N)=NCC1(Cc2ccccc2)CC1.I. The van der Waals surface area contributed by atoms with Crippen molar-refractivity contribution in [3.63, 3.8) is 0 Å². The molecular weight excluding hydrogens is 349 g/mol. The minimum atomic E-state index is 0. The molecule has 1 aliphatic carbocycles. The lowest BCUT2D eigenvalue weighted by Gasteiger charge is -2.13. The van der Waals surface area contributed by atoms with Crippen molar-refractivity contribution in [1.82, 2.24) is 5.32 Å². The van der Waals surface area contributed by atoms with Crippen molar-refractivity contribution in [2.24, 2.45) is 16.1 Å². The number of aliphatic imine (C=N–C) groups is 1. The Kier molecular flexibility index (Phi) is 6.62. The summed E-state index contributed by atoms with van der Waals surface area (Å²) in [6.45, 7) is 3.88. The Morgan fingerprint density at radius 2 is 2.00 bits per heavy atom. The second-order valence-electron chi connectivity index (χ2n) is 5.29. The maximum atomic E-state index is 5.83. The summed E-state index contributed by atoms with van der Waals surface area (Å²) < 4.78 is 0. The highest BCUT2D eigenvalue weighted by molar-refractivity contribution is 14.0. The normalized spacial score (nSPS) is 16.6. The zero-order valence-corrected chi connectivity index (χ0v) is 13.9. The van der Waals surface area contributed by atoms with Gasteiger partial charge in [0, 0.05) is 13.1 Å². The van der Waals surface area contributed by atoms with E-state index in [9.17, 15) is 0 Å². The second-order valence-corrected chi connectivity index (χ2v) is 5.29. The van der Waals surface area contributed by atoms with Gasteiger partial charge in [0.1, 0.15) is 0 Å². The Bertz CT molecular complexity index is 399. The molecule has 0 aromatic heterocycles. The van der Waals surface area contributed by atoms with Crippen molar-refractivity contribution < 1.29 is 0 Å². The van der Waals surface area contributed by atoms with Gasteiger partial charge in [0.15, 0.2) is 5.96 Å². The van der Waals surface area contributed by atoms with Gasteiger partial charge in [0.25, 0.3) is 0 Å². The monoisotopic (exact) mass is 373 g/mol. The maximum Gasteiger partial charge on any atom is 0.188 e. The molecule has 3 nitrogen and oxygen atoms in total. The molecule has 1 aromatic rings. The van der Waals surface area contributed by atoms with Gasteiger partial charge in [-0.25, -0.2) is 0 Å². The summed E-state index contributed by atoms with van der Waals surface area (Å²) in [5, 5.41) is 3.12. The Balaban J connectivity index is 0.00000180. The van der Waals surface area contributed by atoms with Gasteiger partial charge in [0.05, 0.1) is 0 Å². The summed E-state index contributed by atoms with van der Waals surface area (Å²) in [6, 6.07) is 10.7. The maximum absolute atomic E-state index is 5.83. The van der Waals surface area contributed by atoms with Gasteiger partial charge in [-0.05, 0) is 36.7 Å². The third-order valence-corrected chi connectivity index (χ3v) is 3.52. The van der Waals surface area contributed by atoms with Gasteiger partial charge in [0.2, 0.25) is 0 Å². The van der Waals surface area contributed by atoms with Crippen LogP contribution in [-0.4, -0.2) is 19.0 Å². The van der Waals surface area contributed by atoms with E-state index in [0.717, 1.165) is 25.9 Å². The summed E-state index contributed by atoms with van der Waals surface area (Å²) >= 11 is 0. The molecule has 0 amide bonds. The molecule has 2 rings (SSSR count). The van der Waals surface area contributed by atoms with E-state index in [4.69, 9.17) is 5.73 Å². The molecule has 4 heteroatoms. The quantitative estimate of drug-likeness (QED) is 0.458. The molecule has 0 saturated heterocycles. The standard InChI is InChI=1S/C15H23N3.HI/c1-2-10-17-14(16)18-12-15(8-9-15)11-13-6-4-3-5-7-13;/h3-7H,2,8-12H2,1H3,(H3,16,17,18);1H. The van der Waals surface area contributed by atoms with Crippen LogP contribution in [0, 0.1) is 5.41 Å². The van der Waals surface area contributed by atoms with Crippen molar-refractivity contribution in [1.29, 1.82) is 0 Å². The molecule has 106 valence electrons. The van der Waals surface area contributed by atoms with Crippen LogP contribution in [-0.2, 0) is 6.42 Å². The smallest absolute Gasteiger partial charge is 0.188 e. The average Bonchev–Trinajstić information content (AvgIpc) is 3.15. The Morgan fingerprint density at radius 1 is 1.32 bits per heavy atom. The third kappa shape index (κ3) is 5.38. The first-order chi connectivity index (χ1) is 8.74. The molecule has 1 saturated carbocycles. The number of nitrogens with one attached hydrogen (secondary N) is 1. The highest BCUT2D eigenvalue weighted by atomic mass is 127. The fourth-order valence-electron chi connectivity index (χ4n) is 2.16. The number of guanidine groups is 1. The van der Waals surface area contributed by atoms with Crippen LogP contribution in [0.25, 0.3) is 0 Å². The lowest BCUT2D eigenvalue weighted by molar-refractivity contribution is 0.521. The Hall–Kier alpha value is -0.780. The predicted molar refractivity (Wildman–Crippen MR) is 92.0 cm³/mol. The van der Waals surface area contributed by atoms with Gasteiger partial charge in [-0.15, -0.1) is 24.0 Å². The Morgan fingerprint density at radius 3 is 2.58 bits per heavy atom. The number of halogens is 1. The first-order valence-corrected chi connectivity index (χ1v) is 6.82. The summed E-state index contributed by atoms with van der Waals surface area (Å²) in [6.07, 6.45) is 4.74. The number of rotatable bonds is 6. The van der Waals surface area contributed by atoms with Crippen LogP contribution in [0.5, 0.6) is 0 Å². The van der Waals surface area contributed by atoms with Crippen molar-refractivity contribution in [2.75, 3.05) is 13.1 Å².